The van der Waals surface area contributed by atoms with Crippen LogP contribution in [0.4, 0.5) is 0 Å². The molecule has 0 aliphatic carbocycles. The van der Waals surface area contributed by atoms with Crippen molar-refractivity contribution < 1.29 is 19.0 Å². The summed E-state index contributed by atoms with van der Waals surface area (Å²) in [6.45, 7) is 11.5. The molecule has 2 heterocycles. The van der Waals surface area contributed by atoms with Crippen LogP contribution in [-0.4, -0.2) is 37.0 Å². The van der Waals surface area contributed by atoms with Gasteiger partial charge in [-0.2, -0.15) is 0 Å². The molecule has 0 unspecified atom stereocenters. The molecule has 1 aromatic carbocycles. The van der Waals surface area contributed by atoms with Crippen molar-refractivity contribution in [2.75, 3.05) is 6.61 Å². The first-order chi connectivity index (χ1) is 19.8. The fourth-order valence-corrected chi connectivity index (χ4v) is 5.35. The van der Waals surface area contributed by atoms with Crippen LogP contribution in [0.1, 0.15) is 82.5 Å². The SMILES string of the molecule is C#CC[C@@H]1C=CC[C@@H](C[C@@H](C)CC(=C)CC/C=C/C[C@H](OC(=O)c2ccccc2)[C@@H](C)/C=C/[C@@H]2CC(C)=CCO2)O1. The van der Waals surface area contributed by atoms with Gasteiger partial charge in [0, 0.05) is 18.8 Å². The van der Waals surface area contributed by atoms with Gasteiger partial charge in [-0.05, 0) is 63.5 Å². The second kappa shape index (κ2) is 17.6. The summed E-state index contributed by atoms with van der Waals surface area (Å²) in [6.07, 6.45) is 27.5. The topological polar surface area (TPSA) is 44.8 Å². The number of terminal acetylenes is 1. The van der Waals surface area contributed by atoms with Crippen molar-refractivity contribution in [2.45, 2.75) is 96.6 Å². The highest BCUT2D eigenvalue weighted by Crippen LogP contribution is 2.25. The average molecular weight is 557 g/mol. The van der Waals surface area contributed by atoms with E-state index < -0.39 is 0 Å². The van der Waals surface area contributed by atoms with Gasteiger partial charge in [0.25, 0.3) is 0 Å². The van der Waals surface area contributed by atoms with Crippen LogP contribution in [0.3, 0.4) is 0 Å². The number of esters is 1. The molecule has 0 amide bonds. The molecule has 6 atom stereocenters. The zero-order valence-corrected chi connectivity index (χ0v) is 25.2. The number of carbonyl (C=O) groups excluding carboxylic acids is 1. The Morgan fingerprint density at radius 3 is 2.80 bits per heavy atom. The Bertz CT molecular complexity index is 1120. The summed E-state index contributed by atoms with van der Waals surface area (Å²) in [6, 6.07) is 9.19. The van der Waals surface area contributed by atoms with Crippen molar-refractivity contribution in [3.8, 4) is 12.3 Å². The first-order valence-corrected chi connectivity index (χ1v) is 15.1. The summed E-state index contributed by atoms with van der Waals surface area (Å²) in [7, 11) is 0. The normalized spacial score (nSPS) is 23.1. The van der Waals surface area contributed by atoms with Crippen molar-refractivity contribution in [2.24, 2.45) is 11.8 Å². The summed E-state index contributed by atoms with van der Waals surface area (Å²) in [5, 5.41) is 0. The predicted octanol–water partition coefficient (Wildman–Crippen LogP) is 8.58. The third-order valence-corrected chi connectivity index (χ3v) is 7.69. The Balaban J connectivity index is 1.47. The third-order valence-electron chi connectivity index (χ3n) is 7.69. The van der Waals surface area contributed by atoms with E-state index >= 15 is 0 Å². The van der Waals surface area contributed by atoms with Crippen LogP contribution in [0.2, 0.25) is 0 Å². The summed E-state index contributed by atoms with van der Waals surface area (Å²) >= 11 is 0. The Labute approximate surface area is 248 Å². The van der Waals surface area contributed by atoms with Crippen LogP contribution >= 0.6 is 0 Å². The second-order valence-corrected chi connectivity index (χ2v) is 11.6. The minimum atomic E-state index is -0.289. The van der Waals surface area contributed by atoms with Gasteiger partial charge in [-0.25, -0.2) is 4.79 Å². The molecular formula is C37H48O4. The summed E-state index contributed by atoms with van der Waals surface area (Å²) in [5.41, 5.74) is 3.17. The molecular weight excluding hydrogens is 508 g/mol. The van der Waals surface area contributed by atoms with E-state index in [2.05, 4.69) is 75.8 Å². The Hall–Kier alpha value is -3.13. The number of ether oxygens (including phenoxy) is 3. The van der Waals surface area contributed by atoms with E-state index in [1.54, 1.807) is 12.1 Å². The highest BCUT2D eigenvalue weighted by Gasteiger charge is 2.22. The lowest BCUT2D eigenvalue weighted by Gasteiger charge is -2.27. The third kappa shape index (κ3) is 12.1. The second-order valence-electron chi connectivity index (χ2n) is 11.6. The maximum absolute atomic E-state index is 12.8. The maximum Gasteiger partial charge on any atom is 0.338 e. The molecule has 0 saturated heterocycles. The van der Waals surface area contributed by atoms with E-state index in [1.807, 2.05) is 18.2 Å². The minimum Gasteiger partial charge on any atom is -0.458 e. The molecule has 0 bridgehead atoms. The molecule has 1 aromatic rings. The van der Waals surface area contributed by atoms with Crippen molar-refractivity contribution in [3.63, 3.8) is 0 Å². The van der Waals surface area contributed by atoms with Crippen molar-refractivity contribution >= 4 is 5.97 Å². The van der Waals surface area contributed by atoms with E-state index in [0.29, 0.717) is 30.9 Å². The Morgan fingerprint density at radius 2 is 2.05 bits per heavy atom. The van der Waals surface area contributed by atoms with Crippen LogP contribution in [-0.2, 0) is 14.2 Å². The standard InChI is InChI=1S/C37H48O4/c1-6-14-33-18-13-19-35(40-33)27-30(4)25-28(2)15-9-7-12-20-36(41-37(38)32-16-10-8-11-17-32)31(5)21-22-34-26-29(3)23-24-39-34/h1,7-8,10-13,16-18,21-23,30-31,33-36H,2,9,14-15,19-20,24-27H2,3-5H3/b12-7+,22-21+/t30-,31-,33+,34+,35-,36-/m0/s1. The van der Waals surface area contributed by atoms with Crippen LogP contribution < -0.4 is 0 Å². The summed E-state index contributed by atoms with van der Waals surface area (Å²) < 4.78 is 18.0. The number of carbonyl (C=O) groups is 1. The smallest absolute Gasteiger partial charge is 0.338 e. The van der Waals surface area contributed by atoms with Gasteiger partial charge < -0.3 is 14.2 Å². The first kappa shape index (κ1) is 32.4. The predicted molar refractivity (Wildman–Crippen MR) is 168 cm³/mol. The number of benzene rings is 1. The summed E-state index contributed by atoms with van der Waals surface area (Å²) in [4.78, 5) is 12.8. The van der Waals surface area contributed by atoms with Gasteiger partial charge in [-0.1, -0.05) is 92.3 Å². The van der Waals surface area contributed by atoms with Crippen LogP contribution in [0.15, 0.2) is 90.6 Å². The van der Waals surface area contributed by atoms with Crippen molar-refractivity contribution in [1.82, 2.24) is 0 Å². The van der Waals surface area contributed by atoms with Crippen LogP contribution in [0.5, 0.6) is 0 Å². The number of rotatable bonds is 15. The maximum atomic E-state index is 12.8. The van der Waals surface area contributed by atoms with E-state index in [-0.39, 0.29) is 36.3 Å². The highest BCUT2D eigenvalue weighted by molar-refractivity contribution is 5.89. The number of hydrogen-bond donors (Lipinski definition) is 0. The van der Waals surface area contributed by atoms with Gasteiger partial charge in [-0.15, -0.1) is 12.3 Å². The first-order valence-electron chi connectivity index (χ1n) is 15.1. The Morgan fingerprint density at radius 1 is 1.24 bits per heavy atom. The van der Waals surface area contributed by atoms with E-state index in [0.717, 1.165) is 38.5 Å². The van der Waals surface area contributed by atoms with Crippen LogP contribution in [0.25, 0.3) is 0 Å². The molecule has 0 N–H and O–H groups in total. The molecule has 2 aliphatic rings. The number of allylic oxidation sites excluding steroid dienone is 2. The van der Waals surface area contributed by atoms with Gasteiger partial charge in [0.1, 0.15) is 6.10 Å². The van der Waals surface area contributed by atoms with Gasteiger partial charge in [-0.3, -0.25) is 0 Å². The molecule has 0 fully saturated rings. The fourth-order valence-electron chi connectivity index (χ4n) is 5.35. The largest absolute Gasteiger partial charge is 0.458 e. The lowest BCUT2D eigenvalue weighted by atomic mass is 9.92. The highest BCUT2D eigenvalue weighted by atomic mass is 16.5. The quantitative estimate of drug-likeness (QED) is 0.123. The van der Waals surface area contributed by atoms with Gasteiger partial charge in [0.05, 0.1) is 30.5 Å². The molecule has 4 nitrogen and oxygen atoms in total. The Kier molecular flexibility index (Phi) is 13.9. The molecule has 2 aliphatic heterocycles. The van der Waals surface area contributed by atoms with E-state index in [9.17, 15) is 4.79 Å². The molecule has 0 saturated carbocycles. The van der Waals surface area contributed by atoms with Crippen LogP contribution in [0, 0.1) is 24.2 Å². The zero-order valence-electron chi connectivity index (χ0n) is 25.2. The zero-order chi connectivity index (χ0) is 29.5. The van der Waals surface area contributed by atoms with Gasteiger partial charge >= 0.3 is 5.97 Å². The summed E-state index contributed by atoms with van der Waals surface area (Å²) in [5.74, 6) is 2.97. The molecule has 0 aromatic heterocycles. The number of hydrogen-bond acceptors (Lipinski definition) is 4. The molecule has 220 valence electrons. The molecule has 4 heteroatoms. The lowest BCUT2D eigenvalue weighted by molar-refractivity contribution is -0.00329. The van der Waals surface area contributed by atoms with Crippen molar-refractivity contribution in [1.29, 1.82) is 0 Å². The molecule has 0 radical (unpaired) electrons. The van der Waals surface area contributed by atoms with Gasteiger partial charge in [0.2, 0.25) is 0 Å². The fraction of sp³-hybridized carbons (Fsp3) is 0.486. The van der Waals surface area contributed by atoms with E-state index in [4.69, 9.17) is 20.6 Å². The lowest BCUT2D eigenvalue weighted by Crippen LogP contribution is -2.25. The monoisotopic (exact) mass is 556 g/mol. The molecule has 0 spiro atoms. The van der Waals surface area contributed by atoms with Gasteiger partial charge in [0.15, 0.2) is 0 Å². The average Bonchev–Trinajstić information content (AvgIpc) is 2.96. The van der Waals surface area contributed by atoms with Crippen molar-refractivity contribution in [3.05, 3.63) is 96.2 Å². The molecule has 41 heavy (non-hydrogen) atoms. The molecule has 3 rings (SSSR count). The van der Waals surface area contributed by atoms with E-state index in [1.165, 1.54) is 11.1 Å². The minimum absolute atomic E-state index is 0.0509.